The second kappa shape index (κ2) is 8.14. The Balaban J connectivity index is 1.91. The van der Waals surface area contributed by atoms with Crippen LogP contribution in [0.3, 0.4) is 0 Å². The van der Waals surface area contributed by atoms with Crippen LogP contribution in [0, 0.1) is 5.92 Å². The maximum Gasteiger partial charge on any atom is 0.225 e. The highest BCUT2D eigenvalue weighted by atomic mass is 35.5. The number of carbonyl (C=O) groups excluding carboxylic acids is 1. The fraction of sp³-hybridized carbons (Fsp3) is 0.938. The van der Waals surface area contributed by atoms with Crippen LogP contribution < -0.4 is 0 Å². The molecule has 0 N–H and O–H groups in total. The average Bonchev–Trinajstić information content (AvgIpc) is 2.31. The third kappa shape index (κ3) is 4.37. The molecule has 3 heteroatoms. The Bertz CT molecular complexity index is 270. The summed E-state index contributed by atoms with van der Waals surface area (Å²) < 4.78 is 0. The molecular weight excluding hydrogens is 258 g/mol. The maximum absolute atomic E-state index is 12.8. The normalized spacial score (nSPS) is 22.4. The number of hydrogen-bond acceptors (Lipinski definition) is 1. The Morgan fingerprint density at radius 3 is 2.11 bits per heavy atom. The Labute approximate surface area is 122 Å². The molecular formula is C16H28ClNO. The van der Waals surface area contributed by atoms with Crippen LogP contribution in [0.4, 0.5) is 0 Å². The minimum absolute atomic E-state index is 0.302. The van der Waals surface area contributed by atoms with Crippen molar-refractivity contribution < 1.29 is 4.79 Å². The molecule has 0 saturated heterocycles. The van der Waals surface area contributed by atoms with Gasteiger partial charge in [0.2, 0.25) is 5.91 Å². The standard InChI is InChI=1S/C16H28ClNO/c17-12-7-13-18(15-10-6-11-15)16(19)14-8-4-2-1-3-5-9-14/h14-15H,1-13H2. The van der Waals surface area contributed by atoms with Gasteiger partial charge in [-0.3, -0.25) is 4.79 Å². The van der Waals surface area contributed by atoms with E-state index in [2.05, 4.69) is 4.90 Å². The first-order valence-corrected chi connectivity index (χ1v) is 8.73. The molecule has 2 rings (SSSR count). The summed E-state index contributed by atoms with van der Waals surface area (Å²) in [5.41, 5.74) is 0. The minimum Gasteiger partial charge on any atom is -0.339 e. The molecule has 2 saturated carbocycles. The predicted octanol–water partition coefficient (Wildman–Crippen LogP) is 4.36. The van der Waals surface area contributed by atoms with Gasteiger partial charge in [0.05, 0.1) is 0 Å². The monoisotopic (exact) mass is 285 g/mol. The van der Waals surface area contributed by atoms with Crippen LogP contribution in [0.1, 0.15) is 70.6 Å². The molecule has 2 nitrogen and oxygen atoms in total. The number of rotatable bonds is 5. The number of alkyl halides is 1. The molecule has 2 aliphatic rings. The third-order valence-corrected chi connectivity index (χ3v) is 5.05. The second-order valence-electron chi connectivity index (χ2n) is 6.20. The van der Waals surface area contributed by atoms with E-state index in [9.17, 15) is 4.79 Å². The Morgan fingerprint density at radius 1 is 0.947 bits per heavy atom. The Morgan fingerprint density at radius 2 is 1.58 bits per heavy atom. The van der Waals surface area contributed by atoms with E-state index in [4.69, 9.17) is 11.6 Å². The van der Waals surface area contributed by atoms with Gasteiger partial charge in [0.1, 0.15) is 0 Å². The number of hydrogen-bond donors (Lipinski definition) is 0. The van der Waals surface area contributed by atoms with Crippen LogP contribution in [-0.4, -0.2) is 29.3 Å². The number of amides is 1. The summed E-state index contributed by atoms with van der Waals surface area (Å²) in [7, 11) is 0. The summed E-state index contributed by atoms with van der Waals surface area (Å²) in [5, 5.41) is 0. The molecule has 0 bridgehead atoms. The molecule has 0 aliphatic heterocycles. The molecule has 1 amide bonds. The molecule has 0 atom stereocenters. The van der Waals surface area contributed by atoms with Crippen molar-refractivity contribution in [1.82, 2.24) is 4.90 Å². The zero-order chi connectivity index (χ0) is 13.5. The molecule has 0 aromatic carbocycles. The fourth-order valence-corrected chi connectivity index (χ4v) is 3.46. The average molecular weight is 286 g/mol. The van der Waals surface area contributed by atoms with E-state index in [1.165, 1.54) is 51.4 Å². The minimum atomic E-state index is 0.302. The lowest BCUT2D eigenvalue weighted by molar-refractivity contribution is -0.140. The largest absolute Gasteiger partial charge is 0.339 e. The lowest BCUT2D eigenvalue weighted by atomic mass is 9.86. The van der Waals surface area contributed by atoms with Crippen LogP contribution in [-0.2, 0) is 4.79 Å². The summed E-state index contributed by atoms with van der Waals surface area (Å²) in [6.45, 7) is 0.878. The van der Waals surface area contributed by atoms with Crippen molar-refractivity contribution >= 4 is 17.5 Å². The molecule has 0 radical (unpaired) electrons. The van der Waals surface area contributed by atoms with Crippen LogP contribution >= 0.6 is 11.6 Å². The molecule has 110 valence electrons. The van der Waals surface area contributed by atoms with Gasteiger partial charge in [-0.2, -0.15) is 0 Å². The smallest absolute Gasteiger partial charge is 0.225 e. The van der Waals surface area contributed by atoms with Gasteiger partial charge in [-0.1, -0.05) is 32.1 Å². The highest BCUT2D eigenvalue weighted by molar-refractivity contribution is 6.17. The lowest BCUT2D eigenvalue weighted by Crippen LogP contribution is -2.47. The molecule has 0 aromatic rings. The van der Waals surface area contributed by atoms with E-state index in [0.717, 1.165) is 25.8 Å². The zero-order valence-electron chi connectivity index (χ0n) is 12.1. The Kier molecular flexibility index (Phi) is 6.49. The first-order valence-electron chi connectivity index (χ1n) is 8.19. The maximum atomic E-state index is 12.8. The third-order valence-electron chi connectivity index (χ3n) is 4.79. The first-order chi connectivity index (χ1) is 9.33. The quantitative estimate of drug-likeness (QED) is 0.688. The summed E-state index contributed by atoms with van der Waals surface area (Å²) in [4.78, 5) is 15.0. The Hall–Kier alpha value is -0.240. The van der Waals surface area contributed by atoms with Crippen molar-refractivity contribution in [2.24, 2.45) is 5.92 Å². The number of carbonyl (C=O) groups is 1. The van der Waals surface area contributed by atoms with Crippen molar-refractivity contribution in [3.63, 3.8) is 0 Å². The summed E-state index contributed by atoms with van der Waals surface area (Å²) >= 11 is 5.81. The van der Waals surface area contributed by atoms with Gasteiger partial charge in [0.15, 0.2) is 0 Å². The van der Waals surface area contributed by atoms with Gasteiger partial charge in [-0.25, -0.2) is 0 Å². The van der Waals surface area contributed by atoms with Gasteiger partial charge in [0, 0.05) is 24.4 Å². The topological polar surface area (TPSA) is 20.3 Å². The van der Waals surface area contributed by atoms with Crippen LogP contribution in [0.2, 0.25) is 0 Å². The molecule has 0 spiro atoms. The van der Waals surface area contributed by atoms with E-state index in [-0.39, 0.29) is 0 Å². The van der Waals surface area contributed by atoms with Crippen molar-refractivity contribution in [2.45, 2.75) is 76.7 Å². The van der Waals surface area contributed by atoms with Crippen molar-refractivity contribution in [3.8, 4) is 0 Å². The molecule has 2 aliphatic carbocycles. The number of nitrogens with zero attached hydrogens (tertiary/aromatic N) is 1. The second-order valence-corrected chi connectivity index (χ2v) is 6.58. The molecule has 0 heterocycles. The molecule has 2 fully saturated rings. The molecule has 0 aromatic heterocycles. The van der Waals surface area contributed by atoms with Crippen molar-refractivity contribution in [3.05, 3.63) is 0 Å². The van der Waals surface area contributed by atoms with Gasteiger partial charge in [0.25, 0.3) is 0 Å². The fourth-order valence-electron chi connectivity index (χ4n) is 3.34. The summed E-state index contributed by atoms with van der Waals surface area (Å²) in [6, 6.07) is 0.529. The van der Waals surface area contributed by atoms with E-state index >= 15 is 0 Å². The van der Waals surface area contributed by atoms with Gasteiger partial charge < -0.3 is 4.90 Å². The molecule has 0 unspecified atom stereocenters. The van der Waals surface area contributed by atoms with Gasteiger partial charge >= 0.3 is 0 Å². The molecule has 19 heavy (non-hydrogen) atoms. The summed E-state index contributed by atoms with van der Waals surface area (Å²) in [5.74, 6) is 1.41. The van der Waals surface area contributed by atoms with E-state index in [1.54, 1.807) is 0 Å². The summed E-state index contributed by atoms with van der Waals surface area (Å²) in [6.07, 6.45) is 13.3. The first kappa shape index (κ1) is 15.2. The van der Waals surface area contributed by atoms with Crippen molar-refractivity contribution in [2.75, 3.05) is 12.4 Å². The van der Waals surface area contributed by atoms with Crippen LogP contribution in [0.15, 0.2) is 0 Å². The van der Waals surface area contributed by atoms with Gasteiger partial charge in [-0.15, -0.1) is 11.6 Å². The lowest BCUT2D eigenvalue weighted by Gasteiger charge is -2.39. The van der Waals surface area contributed by atoms with Crippen LogP contribution in [0.5, 0.6) is 0 Å². The highest BCUT2D eigenvalue weighted by Crippen LogP contribution is 2.30. The zero-order valence-corrected chi connectivity index (χ0v) is 12.8. The van der Waals surface area contributed by atoms with E-state index < -0.39 is 0 Å². The SMILES string of the molecule is O=C(C1CCCCCCC1)N(CCCCl)C1CCC1. The number of halogens is 1. The predicted molar refractivity (Wildman–Crippen MR) is 80.5 cm³/mol. The van der Waals surface area contributed by atoms with E-state index in [1.807, 2.05) is 0 Å². The highest BCUT2D eigenvalue weighted by Gasteiger charge is 2.32. The van der Waals surface area contributed by atoms with E-state index in [0.29, 0.717) is 23.7 Å². The van der Waals surface area contributed by atoms with Gasteiger partial charge in [-0.05, 0) is 38.5 Å². The van der Waals surface area contributed by atoms with Crippen molar-refractivity contribution in [1.29, 1.82) is 0 Å². The van der Waals surface area contributed by atoms with Crippen LogP contribution in [0.25, 0.3) is 0 Å².